The summed E-state index contributed by atoms with van der Waals surface area (Å²) in [5.74, 6) is -1.47. The van der Waals surface area contributed by atoms with Gasteiger partial charge in [-0.15, -0.1) is 0 Å². The van der Waals surface area contributed by atoms with Gasteiger partial charge in [0.1, 0.15) is 5.82 Å². The molecule has 3 aromatic rings. The number of halogens is 1. The second kappa shape index (κ2) is 7.95. The summed E-state index contributed by atoms with van der Waals surface area (Å²) in [4.78, 5) is 29.3. The molecule has 0 unspecified atom stereocenters. The number of hydrogen-bond donors (Lipinski definition) is 1. The lowest BCUT2D eigenvalue weighted by atomic mass is 10.0. The smallest absolute Gasteiger partial charge is 0.339 e. The molecular formula is C21H19FN2O3. The molecule has 0 fully saturated rings. The maximum absolute atomic E-state index is 12.9. The fourth-order valence-corrected chi connectivity index (χ4v) is 2.90. The van der Waals surface area contributed by atoms with Crippen LogP contribution in [0.5, 0.6) is 0 Å². The number of carbonyl (C=O) groups is 2. The number of hydrogen-bond acceptors (Lipinski definition) is 4. The number of para-hydroxylation sites is 1. The first-order chi connectivity index (χ1) is 13.0. The second-order valence-corrected chi connectivity index (χ2v) is 6.06. The van der Waals surface area contributed by atoms with Gasteiger partial charge in [-0.3, -0.25) is 9.78 Å². The Bertz CT molecular complexity index is 1000. The van der Waals surface area contributed by atoms with Crippen molar-refractivity contribution in [1.82, 2.24) is 4.98 Å². The zero-order valence-electron chi connectivity index (χ0n) is 15.1. The zero-order valence-corrected chi connectivity index (χ0v) is 15.1. The number of anilines is 1. The van der Waals surface area contributed by atoms with Crippen molar-refractivity contribution in [2.75, 3.05) is 11.9 Å². The van der Waals surface area contributed by atoms with Crippen molar-refractivity contribution < 1.29 is 18.7 Å². The fourth-order valence-electron chi connectivity index (χ4n) is 2.90. The maximum Gasteiger partial charge on any atom is 0.339 e. The Morgan fingerprint density at radius 2 is 1.81 bits per heavy atom. The largest absolute Gasteiger partial charge is 0.452 e. The highest BCUT2D eigenvalue weighted by molar-refractivity contribution is 6.05. The molecule has 0 aliphatic heterocycles. The van der Waals surface area contributed by atoms with E-state index in [2.05, 4.69) is 10.3 Å². The number of fused-ring (bicyclic) bond motifs is 1. The summed E-state index contributed by atoms with van der Waals surface area (Å²) in [5, 5.41) is 3.25. The standard InChI is InChI=1S/C21H19FN2O3/c1-3-17-13(2)20(16-6-4-5-7-18(16)24-17)21(26)27-12-19(25)23-15-10-8-14(22)9-11-15/h4-11H,3,12H2,1-2H3,(H,23,25). The van der Waals surface area contributed by atoms with E-state index in [4.69, 9.17) is 4.74 Å². The number of nitrogens with one attached hydrogen (secondary N) is 1. The summed E-state index contributed by atoms with van der Waals surface area (Å²) in [6, 6.07) is 12.7. The highest BCUT2D eigenvalue weighted by Crippen LogP contribution is 2.24. The minimum atomic E-state index is -0.574. The van der Waals surface area contributed by atoms with Crippen molar-refractivity contribution in [3.8, 4) is 0 Å². The number of pyridine rings is 1. The summed E-state index contributed by atoms with van der Waals surface area (Å²) in [7, 11) is 0. The highest BCUT2D eigenvalue weighted by Gasteiger charge is 2.19. The molecule has 5 nitrogen and oxygen atoms in total. The maximum atomic E-state index is 12.9. The number of aromatic nitrogens is 1. The van der Waals surface area contributed by atoms with Gasteiger partial charge < -0.3 is 10.1 Å². The Balaban J connectivity index is 1.77. The van der Waals surface area contributed by atoms with E-state index in [1.807, 2.05) is 38.1 Å². The van der Waals surface area contributed by atoms with Crippen LogP contribution in [0, 0.1) is 12.7 Å². The monoisotopic (exact) mass is 366 g/mol. The number of nitrogens with zero attached hydrogens (tertiary/aromatic N) is 1. The molecule has 3 rings (SSSR count). The van der Waals surface area contributed by atoms with Crippen LogP contribution in [0.2, 0.25) is 0 Å². The van der Waals surface area contributed by atoms with Gasteiger partial charge in [0.05, 0.1) is 11.1 Å². The van der Waals surface area contributed by atoms with Crippen molar-refractivity contribution in [1.29, 1.82) is 0 Å². The Morgan fingerprint density at radius 1 is 1.11 bits per heavy atom. The third kappa shape index (κ3) is 4.11. The quantitative estimate of drug-likeness (QED) is 0.692. The fraction of sp³-hybridized carbons (Fsp3) is 0.190. The van der Waals surface area contributed by atoms with E-state index in [0.717, 1.165) is 11.3 Å². The molecule has 138 valence electrons. The van der Waals surface area contributed by atoms with Crippen molar-refractivity contribution in [2.45, 2.75) is 20.3 Å². The second-order valence-electron chi connectivity index (χ2n) is 6.06. The Labute approximate surface area is 156 Å². The minimum Gasteiger partial charge on any atom is -0.452 e. The van der Waals surface area contributed by atoms with Gasteiger partial charge in [0.15, 0.2) is 6.61 Å². The Kier molecular flexibility index (Phi) is 5.45. The number of benzene rings is 2. The predicted octanol–water partition coefficient (Wildman–Crippen LogP) is 4.04. The lowest BCUT2D eigenvalue weighted by Gasteiger charge is -2.13. The predicted molar refractivity (Wildman–Crippen MR) is 101 cm³/mol. The van der Waals surface area contributed by atoms with Crippen LogP contribution in [0.4, 0.5) is 10.1 Å². The van der Waals surface area contributed by atoms with Crippen LogP contribution in [0.3, 0.4) is 0 Å². The first-order valence-electron chi connectivity index (χ1n) is 8.60. The molecule has 0 saturated heterocycles. The third-order valence-electron chi connectivity index (χ3n) is 4.24. The first-order valence-corrected chi connectivity index (χ1v) is 8.60. The van der Waals surface area contributed by atoms with Crippen molar-refractivity contribution in [3.63, 3.8) is 0 Å². The molecule has 0 aliphatic rings. The molecule has 2 aromatic carbocycles. The van der Waals surface area contributed by atoms with Gasteiger partial charge in [0.25, 0.3) is 5.91 Å². The van der Waals surface area contributed by atoms with Gasteiger partial charge in [-0.25, -0.2) is 9.18 Å². The molecule has 0 saturated carbocycles. The molecule has 0 radical (unpaired) electrons. The van der Waals surface area contributed by atoms with Gasteiger partial charge in [-0.2, -0.15) is 0 Å². The van der Waals surface area contributed by atoms with Crippen LogP contribution in [-0.2, 0) is 16.0 Å². The number of amides is 1. The zero-order chi connectivity index (χ0) is 19.4. The number of ether oxygens (including phenoxy) is 1. The SMILES string of the molecule is CCc1nc2ccccc2c(C(=O)OCC(=O)Nc2ccc(F)cc2)c1C. The minimum absolute atomic E-state index is 0.397. The Hall–Kier alpha value is -3.28. The average molecular weight is 366 g/mol. The van der Waals surface area contributed by atoms with Gasteiger partial charge in [-0.1, -0.05) is 25.1 Å². The molecule has 0 atom stereocenters. The van der Waals surface area contributed by atoms with Crippen LogP contribution >= 0.6 is 0 Å². The van der Waals surface area contributed by atoms with E-state index in [0.29, 0.717) is 28.6 Å². The lowest BCUT2D eigenvalue weighted by molar-refractivity contribution is -0.119. The topological polar surface area (TPSA) is 68.3 Å². The molecule has 1 heterocycles. The summed E-state index contributed by atoms with van der Waals surface area (Å²) in [6.07, 6.45) is 0.683. The summed E-state index contributed by atoms with van der Waals surface area (Å²) in [6.45, 7) is 3.36. The van der Waals surface area contributed by atoms with Crippen molar-refractivity contribution in [2.24, 2.45) is 0 Å². The van der Waals surface area contributed by atoms with E-state index >= 15 is 0 Å². The van der Waals surface area contributed by atoms with Gasteiger partial charge in [-0.05, 0) is 49.2 Å². The van der Waals surface area contributed by atoms with Crippen molar-refractivity contribution in [3.05, 3.63) is 71.2 Å². The van der Waals surface area contributed by atoms with Crippen LogP contribution < -0.4 is 5.32 Å². The molecule has 0 spiro atoms. The number of esters is 1. The molecule has 6 heteroatoms. The van der Waals surface area contributed by atoms with Gasteiger partial charge in [0, 0.05) is 16.8 Å². The van der Waals surface area contributed by atoms with Crippen LogP contribution in [-0.4, -0.2) is 23.5 Å². The van der Waals surface area contributed by atoms with Crippen LogP contribution in [0.1, 0.15) is 28.5 Å². The molecule has 0 aliphatic carbocycles. The van der Waals surface area contributed by atoms with Crippen LogP contribution in [0.25, 0.3) is 10.9 Å². The van der Waals surface area contributed by atoms with E-state index in [1.165, 1.54) is 24.3 Å². The van der Waals surface area contributed by atoms with E-state index < -0.39 is 24.3 Å². The number of aryl methyl sites for hydroxylation is 1. The third-order valence-corrected chi connectivity index (χ3v) is 4.24. The highest BCUT2D eigenvalue weighted by atomic mass is 19.1. The van der Waals surface area contributed by atoms with Crippen molar-refractivity contribution >= 4 is 28.5 Å². The van der Waals surface area contributed by atoms with Gasteiger partial charge in [0.2, 0.25) is 0 Å². The summed E-state index contributed by atoms with van der Waals surface area (Å²) in [5.41, 5.74) is 3.13. The van der Waals surface area contributed by atoms with E-state index in [9.17, 15) is 14.0 Å². The lowest BCUT2D eigenvalue weighted by Crippen LogP contribution is -2.21. The summed E-state index contributed by atoms with van der Waals surface area (Å²) >= 11 is 0. The average Bonchev–Trinajstić information content (AvgIpc) is 2.67. The first kappa shape index (κ1) is 18.5. The molecular weight excluding hydrogens is 347 g/mol. The molecule has 1 N–H and O–H groups in total. The molecule has 0 bridgehead atoms. The number of rotatable bonds is 5. The summed E-state index contributed by atoms with van der Waals surface area (Å²) < 4.78 is 18.1. The van der Waals surface area contributed by atoms with E-state index in [-0.39, 0.29) is 0 Å². The molecule has 27 heavy (non-hydrogen) atoms. The molecule has 1 amide bonds. The Morgan fingerprint density at radius 3 is 2.52 bits per heavy atom. The van der Waals surface area contributed by atoms with E-state index in [1.54, 1.807) is 0 Å². The van der Waals surface area contributed by atoms with Gasteiger partial charge >= 0.3 is 5.97 Å². The number of carbonyl (C=O) groups excluding carboxylic acids is 2. The van der Waals surface area contributed by atoms with Crippen LogP contribution in [0.15, 0.2) is 48.5 Å². The molecule has 1 aromatic heterocycles. The normalized spacial score (nSPS) is 10.6.